The summed E-state index contributed by atoms with van der Waals surface area (Å²) in [5, 5.41) is 10.00. The van der Waals surface area contributed by atoms with E-state index in [1.54, 1.807) is 31.2 Å². The van der Waals surface area contributed by atoms with E-state index in [0.717, 1.165) is 11.1 Å². The van der Waals surface area contributed by atoms with Gasteiger partial charge in [-0.25, -0.2) is 4.39 Å². The second-order valence-electron chi connectivity index (χ2n) is 6.14. The molecular weight excluding hydrogens is 378 g/mol. The maximum absolute atomic E-state index is 13.2. The number of aliphatic hydroxyl groups excluding tert-OH is 1. The lowest BCUT2D eigenvalue weighted by Gasteiger charge is -2.11. The lowest BCUT2D eigenvalue weighted by atomic mass is 10.2. The lowest BCUT2D eigenvalue weighted by Crippen LogP contribution is -2.15. The van der Waals surface area contributed by atoms with Gasteiger partial charge in [0.2, 0.25) is 0 Å². The van der Waals surface area contributed by atoms with Crippen molar-refractivity contribution < 1.29 is 19.0 Å². The third-order valence-electron chi connectivity index (χ3n) is 3.99. The Morgan fingerprint density at radius 1 is 1.04 bits per heavy atom. The maximum atomic E-state index is 13.2. The van der Waals surface area contributed by atoms with Crippen molar-refractivity contribution >= 4 is 23.2 Å². The van der Waals surface area contributed by atoms with Gasteiger partial charge in [-0.3, -0.25) is 0 Å². The molecule has 1 N–H and O–H groups in total. The second-order valence-corrected chi connectivity index (χ2v) is 7.01. The Hall–Kier alpha value is -1.17. The van der Waals surface area contributed by atoms with Gasteiger partial charge in [-0.05, 0) is 42.3 Å². The minimum Gasteiger partial charge on any atom is -0.392 e. The monoisotopic (exact) mass is 400 g/mol. The molecule has 2 aromatic carbocycles. The molecule has 1 aliphatic heterocycles. The van der Waals surface area contributed by atoms with Crippen molar-refractivity contribution in [3.63, 3.8) is 0 Å². The minimum atomic E-state index is -0.862. The highest BCUT2D eigenvalue weighted by atomic mass is 35.5. The van der Waals surface area contributed by atoms with Gasteiger partial charge in [0.15, 0.2) is 0 Å². The molecule has 1 aliphatic rings. The van der Waals surface area contributed by atoms with E-state index in [2.05, 4.69) is 0 Å². The van der Waals surface area contributed by atoms with Crippen LogP contribution in [0.1, 0.15) is 24.5 Å². The minimum absolute atomic E-state index is 0.0805. The van der Waals surface area contributed by atoms with Gasteiger partial charge in [0.25, 0.3) is 0 Å². The third kappa shape index (κ3) is 7.22. The van der Waals surface area contributed by atoms with Gasteiger partial charge in [0.05, 0.1) is 32.0 Å². The molecule has 1 fully saturated rings. The highest BCUT2D eigenvalue weighted by Gasteiger charge is 2.31. The Bertz CT molecular complexity index is 639. The van der Waals surface area contributed by atoms with Crippen LogP contribution in [-0.4, -0.2) is 30.1 Å². The number of hydrogen-bond donors (Lipinski definition) is 1. The summed E-state index contributed by atoms with van der Waals surface area (Å²) in [6.45, 7) is 2.77. The summed E-state index contributed by atoms with van der Waals surface area (Å²) in [5.74, 6) is 0. The molecule has 3 rings (SSSR count). The van der Waals surface area contributed by atoms with E-state index >= 15 is 0 Å². The molecule has 3 nitrogen and oxygen atoms in total. The molecule has 6 heteroatoms. The molecule has 1 saturated heterocycles. The molecule has 2 aromatic rings. The summed E-state index contributed by atoms with van der Waals surface area (Å²) in [7, 11) is 0. The molecule has 26 heavy (non-hydrogen) atoms. The molecule has 0 spiro atoms. The van der Waals surface area contributed by atoms with Crippen LogP contribution in [0.3, 0.4) is 0 Å². The van der Waals surface area contributed by atoms with Crippen molar-refractivity contribution in [1.82, 2.24) is 0 Å². The Balaban J connectivity index is 0.000000228. The van der Waals surface area contributed by atoms with Crippen LogP contribution in [-0.2, 0) is 22.7 Å². The Morgan fingerprint density at radius 3 is 2.04 bits per heavy atom. The molecule has 0 aromatic heterocycles. The largest absolute Gasteiger partial charge is 0.392 e. The van der Waals surface area contributed by atoms with Crippen molar-refractivity contribution in [3.05, 3.63) is 69.7 Å². The van der Waals surface area contributed by atoms with E-state index in [0.29, 0.717) is 29.7 Å². The SMILES string of the molecule is CC1OC(COCc2ccc(Cl)cc2)CC1F.OCc1ccc(Cl)cc1. The van der Waals surface area contributed by atoms with Crippen molar-refractivity contribution in [2.24, 2.45) is 0 Å². The van der Waals surface area contributed by atoms with Crippen molar-refractivity contribution in [2.45, 2.75) is 44.9 Å². The first-order chi connectivity index (χ1) is 12.5. The number of alkyl halides is 1. The van der Waals surface area contributed by atoms with Crippen molar-refractivity contribution in [3.8, 4) is 0 Å². The number of halogens is 3. The number of ether oxygens (including phenoxy) is 2. The topological polar surface area (TPSA) is 38.7 Å². The molecule has 142 valence electrons. The van der Waals surface area contributed by atoms with Crippen LogP contribution < -0.4 is 0 Å². The maximum Gasteiger partial charge on any atom is 0.128 e. The standard InChI is InChI=1S/C13H16ClFO2.C7H7ClO/c1-9-13(15)6-12(17-9)8-16-7-10-2-4-11(14)5-3-10;8-7-3-1-6(5-9)2-4-7/h2-5,9,12-13H,6-8H2,1H3;1-4,9H,5H2. The first-order valence-electron chi connectivity index (χ1n) is 8.45. The highest BCUT2D eigenvalue weighted by Crippen LogP contribution is 2.23. The summed E-state index contributed by atoms with van der Waals surface area (Å²) in [5.41, 5.74) is 1.94. The normalized spacial score (nSPS) is 22.0. The van der Waals surface area contributed by atoms with Crippen LogP contribution in [0.2, 0.25) is 10.0 Å². The van der Waals surface area contributed by atoms with Crippen LogP contribution in [0, 0.1) is 0 Å². The molecule has 3 atom stereocenters. The fraction of sp³-hybridized carbons (Fsp3) is 0.400. The number of rotatable bonds is 5. The number of aliphatic hydroxyl groups is 1. The molecule has 0 radical (unpaired) electrons. The Morgan fingerprint density at radius 2 is 1.58 bits per heavy atom. The first-order valence-corrected chi connectivity index (χ1v) is 9.20. The summed E-state index contributed by atoms with van der Waals surface area (Å²) in [6, 6.07) is 14.6. The molecule has 0 bridgehead atoms. The Kier molecular flexibility index (Phi) is 8.82. The molecule has 0 amide bonds. The van der Waals surface area contributed by atoms with E-state index < -0.39 is 6.17 Å². The van der Waals surface area contributed by atoms with Crippen LogP contribution in [0.25, 0.3) is 0 Å². The van der Waals surface area contributed by atoms with Crippen LogP contribution >= 0.6 is 23.2 Å². The third-order valence-corrected chi connectivity index (χ3v) is 4.49. The lowest BCUT2D eigenvalue weighted by molar-refractivity contribution is -0.0186. The average molecular weight is 401 g/mol. The molecule has 0 saturated carbocycles. The van der Waals surface area contributed by atoms with Crippen molar-refractivity contribution in [1.29, 1.82) is 0 Å². The predicted octanol–water partition coefficient (Wildman–Crippen LogP) is 5.20. The van der Waals surface area contributed by atoms with Crippen LogP contribution in [0.4, 0.5) is 4.39 Å². The van der Waals surface area contributed by atoms with E-state index in [-0.39, 0.29) is 18.8 Å². The van der Waals surface area contributed by atoms with E-state index in [1.165, 1.54) is 0 Å². The summed E-state index contributed by atoms with van der Waals surface area (Å²) < 4.78 is 24.1. The van der Waals surface area contributed by atoms with Crippen LogP contribution in [0.5, 0.6) is 0 Å². The number of hydrogen-bond acceptors (Lipinski definition) is 3. The fourth-order valence-corrected chi connectivity index (χ4v) is 2.73. The van der Waals surface area contributed by atoms with Crippen molar-refractivity contribution in [2.75, 3.05) is 6.61 Å². The quantitative estimate of drug-likeness (QED) is 0.748. The van der Waals surface area contributed by atoms with E-state index in [1.807, 2.05) is 24.3 Å². The zero-order valence-corrected chi connectivity index (χ0v) is 16.1. The molecule has 0 aliphatic carbocycles. The summed E-state index contributed by atoms with van der Waals surface area (Å²) >= 11 is 11.4. The second kappa shape index (κ2) is 10.9. The van der Waals surface area contributed by atoms with Gasteiger partial charge in [0, 0.05) is 16.5 Å². The predicted molar refractivity (Wildman–Crippen MR) is 102 cm³/mol. The zero-order valence-electron chi connectivity index (χ0n) is 14.6. The molecular formula is C20H23Cl2FO3. The average Bonchev–Trinajstić information content (AvgIpc) is 2.96. The molecule has 1 heterocycles. The zero-order chi connectivity index (χ0) is 18.9. The summed E-state index contributed by atoms with van der Waals surface area (Å²) in [4.78, 5) is 0. The van der Waals surface area contributed by atoms with E-state index in [9.17, 15) is 4.39 Å². The van der Waals surface area contributed by atoms with Gasteiger partial charge in [0.1, 0.15) is 6.17 Å². The smallest absolute Gasteiger partial charge is 0.128 e. The fourth-order valence-electron chi connectivity index (χ4n) is 2.47. The molecule has 3 unspecified atom stereocenters. The van der Waals surface area contributed by atoms with E-state index in [4.69, 9.17) is 37.8 Å². The first kappa shape index (κ1) is 21.1. The van der Waals surface area contributed by atoms with Gasteiger partial charge in [-0.1, -0.05) is 47.5 Å². The Labute approximate surface area is 163 Å². The van der Waals surface area contributed by atoms with Gasteiger partial charge < -0.3 is 14.6 Å². The van der Waals surface area contributed by atoms with Crippen LogP contribution in [0.15, 0.2) is 48.5 Å². The van der Waals surface area contributed by atoms with Gasteiger partial charge >= 0.3 is 0 Å². The number of benzene rings is 2. The van der Waals surface area contributed by atoms with Gasteiger partial charge in [-0.2, -0.15) is 0 Å². The van der Waals surface area contributed by atoms with Gasteiger partial charge in [-0.15, -0.1) is 0 Å². The summed E-state index contributed by atoms with van der Waals surface area (Å²) in [6.07, 6.45) is -0.854. The highest BCUT2D eigenvalue weighted by molar-refractivity contribution is 6.30.